The van der Waals surface area contributed by atoms with Crippen LogP contribution in [0.5, 0.6) is 0 Å². The molecule has 0 aliphatic heterocycles. The first kappa shape index (κ1) is 14.5. The minimum atomic E-state index is -1.00. The van der Waals surface area contributed by atoms with Crippen LogP contribution in [0.15, 0.2) is 29.7 Å². The zero-order chi connectivity index (χ0) is 14.5. The van der Waals surface area contributed by atoms with Crippen LogP contribution >= 0.6 is 22.7 Å². The van der Waals surface area contributed by atoms with Crippen molar-refractivity contribution >= 4 is 40.6 Å². The third-order valence-electron chi connectivity index (χ3n) is 2.62. The van der Waals surface area contributed by atoms with Gasteiger partial charge in [-0.1, -0.05) is 0 Å². The van der Waals surface area contributed by atoms with Gasteiger partial charge in [0, 0.05) is 15.8 Å². The number of aryl methyl sites for hydroxylation is 1. The Bertz CT molecular complexity index is 655. The van der Waals surface area contributed by atoms with Gasteiger partial charge in [0.2, 0.25) is 0 Å². The van der Waals surface area contributed by atoms with Gasteiger partial charge in [0.05, 0.1) is 11.4 Å². The van der Waals surface area contributed by atoms with E-state index >= 15 is 0 Å². The van der Waals surface area contributed by atoms with Crippen LogP contribution in [-0.4, -0.2) is 17.0 Å². The van der Waals surface area contributed by atoms with E-state index in [0.29, 0.717) is 11.4 Å². The molecule has 0 aromatic carbocycles. The van der Waals surface area contributed by atoms with Crippen LogP contribution in [0, 0.1) is 6.92 Å². The largest absolute Gasteiger partial charge is 0.478 e. The number of aliphatic carboxylic acids is 1. The van der Waals surface area contributed by atoms with E-state index in [0.717, 1.165) is 15.8 Å². The molecule has 0 spiro atoms. The first-order chi connectivity index (χ1) is 9.56. The zero-order valence-corrected chi connectivity index (χ0v) is 12.4. The zero-order valence-electron chi connectivity index (χ0n) is 10.8. The minimum absolute atomic E-state index is 0.141. The normalized spacial score (nSPS) is 10.8. The highest BCUT2D eigenvalue weighted by atomic mass is 32.1. The number of amides is 1. The predicted octanol–water partition coefficient (Wildman–Crippen LogP) is 3.15. The Morgan fingerprint density at radius 2 is 2.15 bits per heavy atom. The molecule has 6 heteroatoms. The van der Waals surface area contributed by atoms with Crippen molar-refractivity contribution < 1.29 is 14.7 Å². The molecular formula is C14H13NO3S2. The Morgan fingerprint density at radius 1 is 1.35 bits per heavy atom. The first-order valence-electron chi connectivity index (χ1n) is 5.88. The van der Waals surface area contributed by atoms with E-state index in [2.05, 4.69) is 5.32 Å². The molecule has 4 nitrogen and oxygen atoms in total. The highest BCUT2D eigenvalue weighted by Gasteiger charge is 2.09. The molecule has 0 aliphatic carbocycles. The molecule has 2 heterocycles. The monoisotopic (exact) mass is 307 g/mol. The second-order valence-electron chi connectivity index (χ2n) is 4.08. The number of carboxylic acids is 1. The van der Waals surface area contributed by atoms with Gasteiger partial charge in [-0.05, 0) is 42.1 Å². The quantitative estimate of drug-likeness (QED) is 0.834. The second-order valence-corrected chi connectivity index (χ2v) is 6.20. The summed E-state index contributed by atoms with van der Waals surface area (Å²) < 4.78 is 0. The fourth-order valence-corrected chi connectivity index (χ4v) is 3.22. The number of carboxylic acid groups (broad SMARTS) is 1. The molecule has 0 saturated heterocycles. The number of hydrogen-bond acceptors (Lipinski definition) is 4. The van der Waals surface area contributed by atoms with Crippen molar-refractivity contribution in [1.29, 1.82) is 0 Å². The maximum Gasteiger partial charge on any atom is 0.328 e. The SMILES string of the molecule is Cc1ccsc1CNC(=O)c1ccc(/C=C/C(=O)O)s1. The molecule has 0 aliphatic rings. The van der Waals surface area contributed by atoms with Crippen molar-refractivity contribution in [2.24, 2.45) is 0 Å². The topological polar surface area (TPSA) is 66.4 Å². The number of hydrogen-bond donors (Lipinski definition) is 2. The number of carbonyl (C=O) groups excluding carboxylic acids is 1. The average Bonchev–Trinajstić information content (AvgIpc) is 3.02. The van der Waals surface area contributed by atoms with Gasteiger partial charge in [-0.3, -0.25) is 4.79 Å². The summed E-state index contributed by atoms with van der Waals surface area (Å²) in [5.41, 5.74) is 1.17. The second kappa shape index (κ2) is 6.49. The first-order valence-corrected chi connectivity index (χ1v) is 7.58. The smallest absolute Gasteiger partial charge is 0.328 e. The molecule has 104 valence electrons. The summed E-state index contributed by atoms with van der Waals surface area (Å²) in [6.45, 7) is 2.53. The summed E-state index contributed by atoms with van der Waals surface area (Å²) in [4.78, 5) is 24.8. The van der Waals surface area contributed by atoms with Gasteiger partial charge in [-0.15, -0.1) is 22.7 Å². The summed E-state index contributed by atoms with van der Waals surface area (Å²) in [6, 6.07) is 5.45. The minimum Gasteiger partial charge on any atom is -0.478 e. The molecule has 0 unspecified atom stereocenters. The van der Waals surface area contributed by atoms with Crippen LogP contribution in [0.2, 0.25) is 0 Å². The molecule has 2 aromatic rings. The molecule has 0 radical (unpaired) electrons. The fraction of sp³-hybridized carbons (Fsp3) is 0.143. The van der Waals surface area contributed by atoms with E-state index in [1.807, 2.05) is 18.4 Å². The van der Waals surface area contributed by atoms with E-state index in [1.54, 1.807) is 23.5 Å². The number of thiophene rings is 2. The Morgan fingerprint density at radius 3 is 2.80 bits per heavy atom. The fourth-order valence-electron chi connectivity index (χ4n) is 1.55. The third-order valence-corrected chi connectivity index (χ3v) is 4.69. The highest BCUT2D eigenvalue weighted by molar-refractivity contribution is 7.14. The van der Waals surface area contributed by atoms with E-state index in [4.69, 9.17) is 5.11 Å². The predicted molar refractivity (Wildman–Crippen MR) is 81.2 cm³/mol. The van der Waals surface area contributed by atoms with Crippen molar-refractivity contribution in [1.82, 2.24) is 5.32 Å². The summed E-state index contributed by atoms with van der Waals surface area (Å²) in [5, 5.41) is 13.4. The van der Waals surface area contributed by atoms with Crippen LogP contribution < -0.4 is 5.32 Å². The lowest BCUT2D eigenvalue weighted by atomic mass is 10.3. The average molecular weight is 307 g/mol. The van der Waals surface area contributed by atoms with Crippen molar-refractivity contribution in [3.8, 4) is 0 Å². The van der Waals surface area contributed by atoms with Gasteiger partial charge in [-0.25, -0.2) is 4.79 Å². The van der Waals surface area contributed by atoms with Gasteiger partial charge < -0.3 is 10.4 Å². The highest BCUT2D eigenvalue weighted by Crippen LogP contribution is 2.19. The van der Waals surface area contributed by atoms with Crippen LogP contribution in [-0.2, 0) is 11.3 Å². The summed E-state index contributed by atoms with van der Waals surface area (Å²) in [7, 11) is 0. The van der Waals surface area contributed by atoms with Crippen LogP contribution in [0.3, 0.4) is 0 Å². The van der Waals surface area contributed by atoms with Gasteiger partial charge in [-0.2, -0.15) is 0 Å². The lowest BCUT2D eigenvalue weighted by molar-refractivity contribution is -0.131. The summed E-state index contributed by atoms with van der Waals surface area (Å²) in [6.07, 6.45) is 2.54. The Labute approximate surface area is 124 Å². The molecule has 0 bridgehead atoms. The van der Waals surface area contributed by atoms with E-state index in [1.165, 1.54) is 23.0 Å². The van der Waals surface area contributed by atoms with E-state index in [9.17, 15) is 9.59 Å². The van der Waals surface area contributed by atoms with Crippen molar-refractivity contribution in [2.45, 2.75) is 13.5 Å². The maximum atomic E-state index is 12.0. The molecule has 0 fully saturated rings. The van der Waals surface area contributed by atoms with Gasteiger partial charge in [0.25, 0.3) is 5.91 Å². The number of carbonyl (C=O) groups is 2. The number of rotatable bonds is 5. The number of nitrogens with one attached hydrogen (secondary N) is 1. The molecule has 2 N–H and O–H groups in total. The van der Waals surface area contributed by atoms with Crippen LogP contribution in [0.1, 0.15) is 25.0 Å². The standard InChI is InChI=1S/C14H13NO3S2/c1-9-6-7-19-12(9)8-15-14(18)11-4-2-10(20-11)3-5-13(16)17/h2-7H,8H2,1H3,(H,15,18)(H,16,17)/b5-3+. The Balaban J connectivity index is 1.96. The van der Waals surface area contributed by atoms with E-state index < -0.39 is 5.97 Å². The maximum absolute atomic E-state index is 12.0. The molecule has 2 aromatic heterocycles. The van der Waals surface area contributed by atoms with Crippen LogP contribution in [0.4, 0.5) is 0 Å². The Hall–Kier alpha value is -1.92. The molecule has 2 rings (SSSR count). The van der Waals surface area contributed by atoms with Gasteiger partial charge >= 0.3 is 5.97 Å². The molecule has 0 atom stereocenters. The van der Waals surface area contributed by atoms with E-state index in [-0.39, 0.29) is 5.91 Å². The summed E-state index contributed by atoms with van der Waals surface area (Å²) in [5.74, 6) is -1.14. The lowest BCUT2D eigenvalue weighted by Gasteiger charge is -2.02. The van der Waals surface area contributed by atoms with Gasteiger partial charge in [0.1, 0.15) is 0 Å². The van der Waals surface area contributed by atoms with Crippen LogP contribution in [0.25, 0.3) is 6.08 Å². The molecule has 20 heavy (non-hydrogen) atoms. The third kappa shape index (κ3) is 3.79. The summed E-state index contributed by atoms with van der Waals surface area (Å²) >= 11 is 2.88. The lowest BCUT2D eigenvalue weighted by Crippen LogP contribution is -2.21. The van der Waals surface area contributed by atoms with Crippen molar-refractivity contribution in [3.05, 3.63) is 49.9 Å². The van der Waals surface area contributed by atoms with Gasteiger partial charge in [0.15, 0.2) is 0 Å². The Kier molecular flexibility index (Phi) is 4.70. The molecule has 0 saturated carbocycles. The van der Waals surface area contributed by atoms with Crippen molar-refractivity contribution in [3.63, 3.8) is 0 Å². The molecular weight excluding hydrogens is 294 g/mol. The van der Waals surface area contributed by atoms with Crippen molar-refractivity contribution in [2.75, 3.05) is 0 Å². The molecule has 1 amide bonds.